The van der Waals surface area contributed by atoms with Crippen molar-refractivity contribution in [1.82, 2.24) is 0 Å². The van der Waals surface area contributed by atoms with Crippen LogP contribution in [0.25, 0.3) is 0 Å². The molecule has 0 heterocycles. The standard InChI is InChI=1S/C9H16O2.Tl/c10-9(11)8-6-4-2-1-3-5-7-8;/h8H,1-7H2,(H,10,11);. The van der Waals surface area contributed by atoms with Gasteiger partial charge in [-0.15, -0.1) is 0 Å². The van der Waals surface area contributed by atoms with Gasteiger partial charge in [0, 0.05) is 27.3 Å². The van der Waals surface area contributed by atoms with Gasteiger partial charge >= 0.3 is 5.97 Å². The molecule has 1 aliphatic rings. The van der Waals surface area contributed by atoms with Crippen LogP contribution in [0.3, 0.4) is 0 Å². The molecule has 0 atom stereocenters. The maximum atomic E-state index is 10.6. The average Bonchev–Trinajstić information content (AvgIpc) is 1.84. The van der Waals surface area contributed by atoms with Gasteiger partial charge in [-0.3, -0.25) is 4.79 Å². The third-order valence-electron chi connectivity index (χ3n) is 2.45. The van der Waals surface area contributed by atoms with Crippen molar-refractivity contribution in [1.29, 1.82) is 0 Å². The molecule has 0 saturated heterocycles. The monoisotopic (exact) mass is 361 g/mol. The van der Waals surface area contributed by atoms with E-state index in [2.05, 4.69) is 0 Å². The van der Waals surface area contributed by atoms with Crippen LogP contribution < -0.4 is 0 Å². The number of carbonyl (C=O) groups is 1. The van der Waals surface area contributed by atoms with Crippen LogP contribution in [0.15, 0.2) is 0 Å². The minimum atomic E-state index is -0.591. The van der Waals surface area contributed by atoms with Crippen LogP contribution >= 0.6 is 0 Å². The maximum Gasteiger partial charge on any atom is 0.306 e. The van der Waals surface area contributed by atoms with Gasteiger partial charge in [-0.2, -0.15) is 0 Å². The summed E-state index contributed by atoms with van der Waals surface area (Å²) in [6.45, 7) is 0. The van der Waals surface area contributed by atoms with Crippen molar-refractivity contribution >= 4 is 33.3 Å². The van der Waals surface area contributed by atoms with E-state index >= 15 is 0 Å². The number of hydrogen-bond acceptors (Lipinski definition) is 1. The quantitative estimate of drug-likeness (QED) is 0.727. The zero-order valence-corrected chi connectivity index (χ0v) is 11.9. The van der Waals surface area contributed by atoms with E-state index in [0.717, 1.165) is 25.7 Å². The van der Waals surface area contributed by atoms with Crippen molar-refractivity contribution in [2.24, 2.45) is 5.92 Å². The van der Waals surface area contributed by atoms with Gasteiger partial charge in [0.1, 0.15) is 0 Å². The van der Waals surface area contributed by atoms with Crippen molar-refractivity contribution in [3.8, 4) is 0 Å². The Morgan fingerprint density at radius 1 is 1.00 bits per heavy atom. The van der Waals surface area contributed by atoms with E-state index in [1.807, 2.05) is 0 Å². The number of aliphatic carboxylic acids is 1. The first-order valence-corrected chi connectivity index (χ1v) is 4.53. The van der Waals surface area contributed by atoms with Crippen LogP contribution in [0.2, 0.25) is 0 Å². The van der Waals surface area contributed by atoms with Gasteiger partial charge in [0.25, 0.3) is 0 Å². The van der Waals surface area contributed by atoms with Gasteiger partial charge in [-0.05, 0) is 12.8 Å². The molecule has 2 nitrogen and oxygen atoms in total. The molecule has 0 aromatic rings. The van der Waals surface area contributed by atoms with E-state index in [1.54, 1.807) is 0 Å². The number of rotatable bonds is 1. The van der Waals surface area contributed by atoms with Gasteiger partial charge in [0.15, 0.2) is 0 Å². The van der Waals surface area contributed by atoms with Crippen molar-refractivity contribution in [3.63, 3.8) is 0 Å². The Kier molecular flexibility index (Phi) is 7.08. The molecule has 1 aliphatic carbocycles. The predicted octanol–water partition coefficient (Wildman–Crippen LogP) is 2.05. The van der Waals surface area contributed by atoms with E-state index in [9.17, 15) is 4.79 Å². The van der Waals surface area contributed by atoms with Crippen LogP contribution in [0.4, 0.5) is 0 Å². The summed E-state index contributed by atoms with van der Waals surface area (Å²) in [5, 5.41) is 8.76. The largest absolute Gasteiger partial charge is 0.481 e. The molecule has 0 spiro atoms. The molecule has 1 radical (unpaired) electrons. The Hall–Kier alpha value is 0.392. The summed E-state index contributed by atoms with van der Waals surface area (Å²) < 4.78 is 0. The van der Waals surface area contributed by atoms with Gasteiger partial charge in [-0.25, -0.2) is 0 Å². The molecule has 3 heteroatoms. The number of carboxylic acid groups (broad SMARTS) is 1. The first kappa shape index (κ1) is 12.4. The van der Waals surface area contributed by atoms with Crippen LogP contribution in [0.1, 0.15) is 44.9 Å². The fourth-order valence-corrected chi connectivity index (χ4v) is 1.70. The predicted molar refractivity (Wildman–Crippen MR) is 49.2 cm³/mol. The molecule has 1 saturated carbocycles. The SMILES string of the molecule is O=C(O)C1CCCCCCC1.[Tl]. The minimum absolute atomic E-state index is 0. The number of carboxylic acids is 1. The molecule has 0 amide bonds. The Morgan fingerprint density at radius 2 is 1.42 bits per heavy atom. The summed E-state index contributed by atoms with van der Waals surface area (Å²) in [7, 11) is 0. The second-order valence-electron chi connectivity index (χ2n) is 3.38. The first-order valence-electron chi connectivity index (χ1n) is 4.53. The summed E-state index contributed by atoms with van der Waals surface area (Å²) in [5.41, 5.74) is 0. The molecule has 0 aromatic heterocycles. The van der Waals surface area contributed by atoms with Crippen LogP contribution in [0.5, 0.6) is 0 Å². The second kappa shape index (κ2) is 6.86. The molecule has 0 aliphatic heterocycles. The molecular weight excluding hydrogens is 344 g/mol. The van der Waals surface area contributed by atoms with E-state index in [-0.39, 0.29) is 33.2 Å². The van der Waals surface area contributed by atoms with Gasteiger partial charge < -0.3 is 5.11 Å². The first-order chi connectivity index (χ1) is 5.30. The smallest absolute Gasteiger partial charge is 0.306 e. The molecule has 67 valence electrons. The van der Waals surface area contributed by atoms with Crippen molar-refractivity contribution in [2.75, 3.05) is 0 Å². The minimum Gasteiger partial charge on any atom is -0.481 e. The van der Waals surface area contributed by atoms with Crippen molar-refractivity contribution in [3.05, 3.63) is 0 Å². The second-order valence-corrected chi connectivity index (χ2v) is 3.38. The van der Waals surface area contributed by atoms with Gasteiger partial charge in [-0.1, -0.05) is 32.1 Å². The van der Waals surface area contributed by atoms with Gasteiger partial charge in [0.2, 0.25) is 0 Å². The third-order valence-corrected chi connectivity index (χ3v) is 2.45. The van der Waals surface area contributed by atoms with Crippen LogP contribution in [0, 0.1) is 5.92 Å². The maximum absolute atomic E-state index is 10.6. The summed E-state index contributed by atoms with van der Waals surface area (Å²) in [5.74, 6) is -0.637. The summed E-state index contributed by atoms with van der Waals surface area (Å²) in [6.07, 6.45) is 7.76. The molecule has 0 bridgehead atoms. The molecular formula is C9H16O2Tl. The van der Waals surface area contributed by atoms with Crippen LogP contribution in [-0.2, 0) is 4.79 Å². The zero-order valence-electron chi connectivity index (χ0n) is 7.46. The summed E-state index contributed by atoms with van der Waals surface area (Å²) >= 11 is 0. The fourth-order valence-electron chi connectivity index (χ4n) is 1.70. The third kappa shape index (κ3) is 4.43. The average molecular weight is 361 g/mol. The Morgan fingerprint density at radius 3 is 1.83 bits per heavy atom. The normalized spacial score (nSPS) is 20.3. The fraction of sp³-hybridized carbons (Fsp3) is 0.889. The van der Waals surface area contributed by atoms with E-state index < -0.39 is 5.97 Å². The van der Waals surface area contributed by atoms with Crippen LogP contribution in [-0.4, -0.2) is 38.4 Å². The summed E-state index contributed by atoms with van der Waals surface area (Å²) in [4.78, 5) is 10.6. The van der Waals surface area contributed by atoms with Crippen molar-refractivity contribution < 1.29 is 9.90 Å². The molecule has 1 N–H and O–H groups in total. The topological polar surface area (TPSA) is 37.3 Å². The Bertz CT molecular complexity index is 128. The van der Waals surface area contributed by atoms with Gasteiger partial charge in [0.05, 0.1) is 5.92 Å². The molecule has 1 rings (SSSR count). The Balaban J connectivity index is 0.00000121. The van der Waals surface area contributed by atoms with E-state index in [4.69, 9.17) is 5.11 Å². The number of hydrogen-bond donors (Lipinski definition) is 1. The molecule has 12 heavy (non-hydrogen) atoms. The molecule has 1 fully saturated rings. The zero-order chi connectivity index (χ0) is 8.10. The molecule has 0 unspecified atom stereocenters. The molecule has 0 aromatic carbocycles. The van der Waals surface area contributed by atoms with E-state index in [0.29, 0.717) is 0 Å². The Labute approximate surface area is 93.9 Å². The van der Waals surface area contributed by atoms with Crippen molar-refractivity contribution in [2.45, 2.75) is 44.9 Å². The van der Waals surface area contributed by atoms with E-state index in [1.165, 1.54) is 19.3 Å². The summed E-state index contributed by atoms with van der Waals surface area (Å²) in [6, 6.07) is 0.